The molecule has 2 aromatic carbocycles. The first-order valence-electron chi connectivity index (χ1n) is 13.0. The van der Waals surface area contributed by atoms with E-state index in [4.69, 9.17) is 14.2 Å². The van der Waals surface area contributed by atoms with Gasteiger partial charge in [-0.25, -0.2) is 4.79 Å². The van der Waals surface area contributed by atoms with E-state index < -0.39 is 0 Å². The van der Waals surface area contributed by atoms with E-state index >= 15 is 0 Å². The van der Waals surface area contributed by atoms with Gasteiger partial charge in [-0.1, -0.05) is 29.8 Å². The minimum absolute atomic E-state index is 0.147. The van der Waals surface area contributed by atoms with Crippen LogP contribution in [-0.2, 0) is 16.1 Å². The lowest BCUT2D eigenvalue weighted by molar-refractivity contribution is -0.125. The van der Waals surface area contributed by atoms with Crippen LogP contribution in [0.1, 0.15) is 36.0 Å². The molecule has 200 valence electrons. The molecule has 0 unspecified atom stereocenters. The van der Waals surface area contributed by atoms with Crippen LogP contribution in [0.4, 0.5) is 4.79 Å². The van der Waals surface area contributed by atoms with Crippen molar-refractivity contribution in [3.8, 4) is 11.5 Å². The Morgan fingerprint density at radius 1 is 0.973 bits per heavy atom. The van der Waals surface area contributed by atoms with Gasteiger partial charge in [-0.15, -0.1) is 0 Å². The summed E-state index contributed by atoms with van der Waals surface area (Å²) in [5.41, 5.74) is 3.37. The summed E-state index contributed by atoms with van der Waals surface area (Å²) >= 11 is 0. The van der Waals surface area contributed by atoms with Crippen molar-refractivity contribution in [2.24, 2.45) is 0 Å². The second kappa shape index (κ2) is 12.0. The molecular formula is C29H39N3O5. The largest absolute Gasteiger partial charge is 0.494 e. The Labute approximate surface area is 220 Å². The first-order valence-corrected chi connectivity index (χ1v) is 13.0. The molecule has 2 aliphatic heterocycles. The zero-order valence-electron chi connectivity index (χ0n) is 22.5. The lowest BCUT2D eigenvalue weighted by Crippen LogP contribution is -2.48. The van der Waals surface area contributed by atoms with Crippen LogP contribution in [0.3, 0.4) is 0 Å². The first kappa shape index (κ1) is 26.9. The predicted octanol–water partition coefficient (Wildman–Crippen LogP) is 4.03. The number of aryl methyl sites for hydroxylation is 2. The van der Waals surface area contributed by atoms with E-state index in [1.54, 1.807) is 14.2 Å². The fourth-order valence-electron chi connectivity index (χ4n) is 4.95. The fourth-order valence-corrected chi connectivity index (χ4v) is 4.95. The summed E-state index contributed by atoms with van der Waals surface area (Å²) in [5, 5.41) is 0. The van der Waals surface area contributed by atoms with Crippen LogP contribution < -0.4 is 9.47 Å². The summed E-state index contributed by atoms with van der Waals surface area (Å²) in [6, 6.07) is 14.2. The van der Waals surface area contributed by atoms with Gasteiger partial charge in [-0.2, -0.15) is 0 Å². The number of carbonyl (C=O) groups excluding carboxylic acids is 2. The predicted molar refractivity (Wildman–Crippen MR) is 142 cm³/mol. The number of nitrogens with zero attached hydrogens (tertiary/aromatic N) is 3. The molecule has 2 heterocycles. The molecule has 2 aromatic rings. The molecular weight excluding hydrogens is 470 g/mol. The number of urea groups is 1. The quantitative estimate of drug-likeness (QED) is 0.337. The lowest BCUT2D eigenvalue weighted by Gasteiger charge is -2.40. The smallest absolute Gasteiger partial charge is 0.326 e. The Balaban J connectivity index is 1.18. The number of carbonyl (C=O) groups is 2. The van der Waals surface area contributed by atoms with E-state index in [0.717, 1.165) is 49.5 Å². The van der Waals surface area contributed by atoms with Gasteiger partial charge in [-0.05, 0) is 62.4 Å². The third-order valence-electron chi connectivity index (χ3n) is 7.38. The standard InChI is InChI=1S/C29H39N3O5/c1-22-6-11-26(23(2)18-22)37-21-29(35-4)12-15-31(16-13-29)19-24-7-9-25(10-8-24)36-17-5-14-32-27(33)20-30(3)28(32)34/h6-11,18H,5,12-17,19-21H2,1-4H3. The SMILES string of the molecule is COC1(COc2ccc(C)cc2C)CCN(Cc2ccc(OCCCN3C(=O)CN(C)C3=O)cc2)CC1. The molecule has 0 aromatic heterocycles. The molecule has 3 amide bonds. The van der Waals surface area contributed by atoms with Crippen LogP contribution in [0.5, 0.6) is 11.5 Å². The summed E-state index contributed by atoms with van der Waals surface area (Å²) in [6.07, 6.45) is 2.45. The monoisotopic (exact) mass is 509 g/mol. The van der Waals surface area contributed by atoms with Crippen molar-refractivity contribution < 1.29 is 23.8 Å². The maximum Gasteiger partial charge on any atom is 0.326 e. The number of likely N-dealkylation sites (tertiary alicyclic amines) is 1. The molecule has 0 atom stereocenters. The molecule has 8 heteroatoms. The minimum Gasteiger partial charge on any atom is -0.494 e. The average Bonchev–Trinajstić information content (AvgIpc) is 3.13. The van der Waals surface area contributed by atoms with Crippen LogP contribution in [0.15, 0.2) is 42.5 Å². The van der Waals surface area contributed by atoms with Crippen LogP contribution in [0, 0.1) is 13.8 Å². The van der Waals surface area contributed by atoms with Crippen molar-refractivity contribution in [2.75, 3.05) is 53.6 Å². The van der Waals surface area contributed by atoms with Gasteiger partial charge < -0.3 is 19.1 Å². The van der Waals surface area contributed by atoms with Gasteiger partial charge in [-0.3, -0.25) is 14.6 Å². The molecule has 0 N–H and O–H groups in total. The second-order valence-electron chi connectivity index (χ2n) is 10.3. The van der Waals surface area contributed by atoms with Crippen molar-refractivity contribution >= 4 is 11.9 Å². The number of methoxy groups -OCH3 is 1. The van der Waals surface area contributed by atoms with Crippen molar-refractivity contribution in [2.45, 2.75) is 45.3 Å². The van der Waals surface area contributed by atoms with E-state index in [1.165, 1.54) is 20.9 Å². The van der Waals surface area contributed by atoms with E-state index in [1.807, 2.05) is 18.2 Å². The fraction of sp³-hybridized carbons (Fsp3) is 0.517. The molecule has 2 aliphatic rings. The van der Waals surface area contributed by atoms with Gasteiger partial charge >= 0.3 is 6.03 Å². The van der Waals surface area contributed by atoms with Crippen LogP contribution in [0.25, 0.3) is 0 Å². The molecule has 4 rings (SSSR count). The zero-order chi connectivity index (χ0) is 26.4. The second-order valence-corrected chi connectivity index (χ2v) is 10.3. The summed E-state index contributed by atoms with van der Waals surface area (Å²) in [6.45, 7) is 8.51. The number of benzene rings is 2. The van der Waals surface area contributed by atoms with Gasteiger partial charge in [0.05, 0.1) is 6.61 Å². The molecule has 8 nitrogen and oxygen atoms in total. The normalized spacial score (nSPS) is 17.9. The Kier molecular flexibility index (Phi) is 8.71. The molecule has 0 bridgehead atoms. The van der Waals surface area contributed by atoms with Crippen molar-refractivity contribution in [3.05, 3.63) is 59.2 Å². The average molecular weight is 510 g/mol. The molecule has 0 saturated carbocycles. The lowest BCUT2D eigenvalue weighted by atomic mass is 9.91. The molecule has 2 fully saturated rings. The Hall–Kier alpha value is -3.10. The summed E-state index contributed by atoms with van der Waals surface area (Å²) in [4.78, 5) is 28.9. The van der Waals surface area contributed by atoms with Gasteiger partial charge in [0.2, 0.25) is 5.91 Å². The van der Waals surface area contributed by atoms with Crippen LogP contribution in [0.2, 0.25) is 0 Å². The topological polar surface area (TPSA) is 71.6 Å². The number of ether oxygens (including phenoxy) is 3. The molecule has 2 saturated heterocycles. The van der Waals surface area contributed by atoms with Gasteiger partial charge in [0.25, 0.3) is 0 Å². The Bertz CT molecular complexity index is 1080. The molecule has 37 heavy (non-hydrogen) atoms. The number of rotatable bonds is 11. The number of hydrogen-bond donors (Lipinski definition) is 0. The number of hydrogen-bond acceptors (Lipinski definition) is 6. The Morgan fingerprint density at radius 3 is 2.32 bits per heavy atom. The molecule has 0 spiro atoms. The zero-order valence-corrected chi connectivity index (χ0v) is 22.5. The van der Waals surface area contributed by atoms with Crippen LogP contribution in [-0.4, -0.2) is 85.8 Å². The maximum atomic E-state index is 11.9. The van der Waals surface area contributed by atoms with E-state index in [9.17, 15) is 9.59 Å². The van der Waals surface area contributed by atoms with Crippen LogP contribution >= 0.6 is 0 Å². The van der Waals surface area contributed by atoms with Crippen molar-refractivity contribution in [3.63, 3.8) is 0 Å². The van der Waals surface area contributed by atoms with E-state index in [-0.39, 0.29) is 24.1 Å². The summed E-state index contributed by atoms with van der Waals surface area (Å²) in [5.74, 6) is 1.57. The number of piperidine rings is 1. The minimum atomic E-state index is -0.259. The molecule has 0 aliphatic carbocycles. The Morgan fingerprint density at radius 2 is 1.70 bits per heavy atom. The maximum absolute atomic E-state index is 11.9. The van der Waals surface area contributed by atoms with Gasteiger partial charge in [0.1, 0.15) is 30.3 Å². The first-order chi connectivity index (χ1) is 17.8. The highest BCUT2D eigenvalue weighted by Crippen LogP contribution is 2.29. The van der Waals surface area contributed by atoms with Crippen molar-refractivity contribution in [1.82, 2.24) is 14.7 Å². The highest BCUT2D eigenvalue weighted by molar-refractivity contribution is 6.01. The summed E-state index contributed by atoms with van der Waals surface area (Å²) < 4.78 is 18.0. The highest BCUT2D eigenvalue weighted by atomic mass is 16.5. The third-order valence-corrected chi connectivity index (χ3v) is 7.38. The number of imide groups is 1. The van der Waals surface area contributed by atoms with E-state index in [2.05, 4.69) is 43.0 Å². The van der Waals surface area contributed by atoms with Gasteiger partial charge in [0.15, 0.2) is 0 Å². The highest BCUT2D eigenvalue weighted by Gasteiger charge is 2.36. The van der Waals surface area contributed by atoms with E-state index in [0.29, 0.717) is 26.2 Å². The molecule has 0 radical (unpaired) electrons. The number of amides is 3. The van der Waals surface area contributed by atoms with Crippen molar-refractivity contribution in [1.29, 1.82) is 0 Å². The third kappa shape index (κ3) is 6.81. The number of likely N-dealkylation sites (N-methyl/N-ethyl adjacent to an activating group) is 1. The summed E-state index contributed by atoms with van der Waals surface area (Å²) in [7, 11) is 3.43. The van der Waals surface area contributed by atoms with Gasteiger partial charge in [0, 0.05) is 40.3 Å².